The van der Waals surface area contributed by atoms with Crippen molar-refractivity contribution in [1.82, 2.24) is 20.4 Å². The fourth-order valence-corrected chi connectivity index (χ4v) is 2.64. The van der Waals surface area contributed by atoms with Crippen molar-refractivity contribution in [3.8, 4) is 11.3 Å². The zero-order valence-electron chi connectivity index (χ0n) is 13.0. The third kappa shape index (κ3) is 2.54. The molecule has 3 N–H and O–H groups in total. The van der Waals surface area contributed by atoms with E-state index in [1.807, 2.05) is 55.5 Å². The van der Waals surface area contributed by atoms with Gasteiger partial charge in [0.25, 0.3) is 5.91 Å². The van der Waals surface area contributed by atoms with Crippen molar-refractivity contribution in [2.45, 2.75) is 6.92 Å². The first-order chi connectivity index (χ1) is 11.7. The van der Waals surface area contributed by atoms with E-state index in [1.54, 1.807) is 6.20 Å². The first-order valence-corrected chi connectivity index (χ1v) is 7.56. The molecule has 0 unspecified atom stereocenters. The highest BCUT2D eigenvalue weighted by molar-refractivity contribution is 6.11. The number of aryl methyl sites for hydroxylation is 1. The molecule has 6 nitrogen and oxygen atoms in total. The summed E-state index contributed by atoms with van der Waals surface area (Å²) in [6.45, 7) is 1.99. The van der Waals surface area contributed by atoms with Crippen molar-refractivity contribution in [3.05, 3.63) is 66.0 Å². The number of hydrogen-bond donors (Lipinski definition) is 3. The highest BCUT2D eigenvalue weighted by atomic mass is 16.1. The number of nitrogens with one attached hydrogen (secondary N) is 3. The van der Waals surface area contributed by atoms with Crippen molar-refractivity contribution in [1.29, 1.82) is 0 Å². The molecule has 0 aliphatic heterocycles. The lowest BCUT2D eigenvalue weighted by Gasteiger charge is -2.05. The summed E-state index contributed by atoms with van der Waals surface area (Å²) in [4.78, 5) is 12.5. The van der Waals surface area contributed by atoms with E-state index in [0.29, 0.717) is 11.4 Å². The normalized spacial score (nSPS) is 10.9. The molecule has 4 aromatic rings. The summed E-state index contributed by atoms with van der Waals surface area (Å²) in [5.74, 6) is -0.235. The van der Waals surface area contributed by atoms with Crippen LogP contribution in [0.2, 0.25) is 0 Å². The third-order valence-electron chi connectivity index (χ3n) is 3.89. The quantitative estimate of drug-likeness (QED) is 0.540. The minimum Gasteiger partial charge on any atom is -0.321 e. The number of carbonyl (C=O) groups is 1. The van der Waals surface area contributed by atoms with Crippen LogP contribution in [-0.4, -0.2) is 26.3 Å². The minimum absolute atomic E-state index is 0.235. The number of carbonyl (C=O) groups excluding carboxylic acids is 1. The van der Waals surface area contributed by atoms with Crippen molar-refractivity contribution in [2.24, 2.45) is 0 Å². The molecule has 0 radical (unpaired) electrons. The van der Waals surface area contributed by atoms with Gasteiger partial charge >= 0.3 is 0 Å². The van der Waals surface area contributed by atoms with Crippen LogP contribution in [0.15, 0.2) is 54.7 Å². The molecule has 0 saturated carbocycles. The van der Waals surface area contributed by atoms with E-state index in [4.69, 9.17) is 0 Å². The number of fused-ring (bicyclic) bond motifs is 1. The molecule has 118 valence electrons. The van der Waals surface area contributed by atoms with E-state index in [-0.39, 0.29) is 5.91 Å². The van der Waals surface area contributed by atoms with Crippen LogP contribution in [-0.2, 0) is 0 Å². The molecular weight excluding hydrogens is 302 g/mol. The molecule has 0 bridgehead atoms. The van der Waals surface area contributed by atoms with Crippen LogP contribution in [0, 0.1) is 6.92 Å². The fourth-order valence-electron chi connectivity index (χ4n) is 2.64. The summed E-state index contributed by atoms with van der Waals surface area (Å²) in [6, 6.07) is 15.3. The molecule has 0 atom stereocenters. The molecule has 2 aromatic heterocycles. The summed E-state index contributed by atoms with van der Waals surface area (Å²) >= 11 is 0. The SMILES string of the molecule is Cc1ccc2[nH]nc(C(=O)Nc3ccc(-c4ccn[nH]4)cc3)c2c1. The molecule has 0 aliphatic carbocycles. The van der Waals surface area contributed by atoms with Crippen molar-refractivity contribution in [2.75, 3.05) is 5.32 Å². The summed E-state index contributed by atoms with van der Waals surface area (Å²) < 4.78 is 0. The number of hydrogen-bond acceptors (Lipinski definition) is 3. The lowest BCUT2D eigenvalue weighted by atomic mass is 10.1. The fraction of sp³-hybridized carbons (Fsp3) is 0.0556. The number of aromatic amines is 2. The molecule has 6 heteroatoms. The molecular formula is C18H15N5O. The van der Waals surface area contributed by atoms with E-state index in [2.05, 4.69) is 25.7 Å². The smallest absolute Gasteiger partial charge is 0.276 e. The van der Waals surface area contributed by atoms with Gasteiger partial charge in [-0.25, -0.2) is 0 Å². The van der Waals surface area contributed by atoms with Gasteiger partial charge in [0.2, 0.25) is 0 Å². The van der Waals surface area contributed by atoms with Crippen LogP contribution in [0.25, 0.3) is 22.2 Å². The number of amides is 1. The van der Waals surface area contributed by atoms with Crippen molar-refractivity contribution >= 4 is 22.5 Å². The van der Waals surface area contributed by atoms with Crippen LogP contribution < -0.4 is 5.32 Å². The van der Waals surface area contributed by atoms with Gasteiger partial charge in [-0.2, -0.15) is 10.2 Å². The van der Waals surface area contributed by atoms with Gasteiger partial charge in [-0.05, 0) is 42.8 Å². The second kappa shape index (κ2) is 5.66. The Morgan fingerprint density at radius 2 is 1.88 bits per heavy atom. The van der Waals surface area contributed by atoms with Gasteiger partial charge in [0.05, 0.1) is 11.2 Å². The molecule has 0 fully saturated rings. The predicted octanol–water partition coefficient (Wildman–Crippen LogP) is 3.51. The highest BCUT2D eigenvalue weighted by Gasteiger charge is 2.14. The lowest BCUT2D eigenvalue weighted by Crippen LogP contribution is -2.12. The van der Waals surface area contributed by atoms with Gasteiger partial charge < -0.3 is 5.32 Å². The van der Waals surface area contributed by atoms with E-state index >= 15 is 0 Å². The second-order valence-electron chi connectivity index (χ2n) is 5.62. The molecule has 0 saturated heterocycles. The number of aromatic nitrogens is 4. The molecule has 4 rings (SSSR count). The van der Waals surface area contributed by atoms with Gasteiger partial charge in [-0.1, -0.05) is 23.8 Å². The highest BCUT2D eigenvalue weighted by Crippen LogP contribution is 2.21. The predicted molar refractivity (Wildman–Crippen MR) is 92.8 cm³/mol. The summed E-state index contributed by atoms with van der Waals surface area (Å²) in [7, 11) is 0. The number of benzene rings is 2. The third-order valence-corrected chi connectivity index (χ3v) is 3.89. The van der Waals surface area contributed by atoms with Crippen LogP contribution in [0.3, 0.4) is 0 Å². The Morgan fingerprint density at radius 1 is 1.04 bits per heavy atom. The maximum Gasteiger partial charge on any atom is 0.276 e. The molecule has 0 aliphatic rings. The Balaban J connectivity index is 1.58. The zero-order valence-corrected chi connectivity index (χ0v) is 13.0. The van der Waals surface area contributed by atoms with Gasteiger partial charge in [0.15, 0.2) is 5.69 Å². The van der Waals surface area contributed by atoms with E-state index in [9.17, 15) is 4.79 Å². The Labute approximate surface area is 137 Å². The number of rotatable bonds is 3. The zero-order chi connectivity index (χ0) is 16.5. The number of H-pyrrole nitrogens is 2. The number of anilines is 1. The largest absolute Gasteiger partial charge is 0.321 e. The van der Waals surface area contributed by atoms with Crippen molar-refractivity contribution < 1.29 is 4.79 Å². The first-order valence-electron chi connectivity index (χ1n) is 7.56. The number of nitrogens with zero attached hydrogens (tertiary/aromatic N) is 2. The lowest BCUT2D eigenvalue weighted by molar-refractivity contribution is 0.102. The second-order valence-corrected chi connectivity index (χ2v) is 5.62. The maximum atomic E-state index is 12.5. The van der Waals surface area contributed by atoms with Crippen LogP contribution in [0.5, 0.6) is 0 Å². The topological polar surface area (TPSA) is 86.5 Å². The van der Waals surface area contributed by atoms with Gasteiger partial charge in [0, 0.05) is 17.3 Å². The Hall–Kier alpha value is -3.41. The maximum absolute atomic E-state index is 12.5. The van der Waals surface area contributed by atoms with Crippen LogP contribution >= 0.6 is 0 Å². The van der Waals surface area contributed by atoms with E-state index < -0.39 is 0 Å². The molecule has 24 heavy (non-hydrogen) atoms. The molecule has 2 heterocycles. The Bertz CT molecular complexity index is 1000. The van der Waals surface area contributed by atoms with E-state index in [0.717, 1.165) is 27.7 Å². The standard InChI is InChI=1S/C18H15N5O/c1-11-2-7-16-14(10-11)17(23-22-16)18(24)20-13-5-3-12(4-6-13)15-8-9-19-21-15/h2-10H,1H3,(H,19,21)(H,20,24)(H,22,23). The summed E-state index contributed by atoms with van der Waals surface area (Å²) in [5, 5.41) is 17.6. The van der Waals surface area contributed by atoms with Gasteiger partial charge in [0.1, 0.15) is 0 Å². The summed E-state index contributed by atoms with van der Waals surface area (Å²) in [5.41, 5.74) is 4.98. The average Bonchev–Trinajstić information content (AvgIpc) is 3.24. The van der Waals surface area contributed by atoms with Crippen LogP contribution in [0.1, 0.15) is 16.1 Å². The minimum atomic E-state index is -0.235. The molecule has 1 amide bonds. The van der Waals surface area contributed by atoms with Gasteiger partial charge in [-0.15, -0.1) is 0 Å². The van der Waals surface area contributed by atoms with Crippen molar-refractivity contribution in [3.63, 3.8) is 0 Å². The Kier molecular flexibility index (Phi) is 3.35. The van der Waals surface area contributed by atoms with Crippen LogP contribution in [0.4, 0.5) is 5.69 Å². The average molecular weight is 317 g/mol. The molecule has 0 spiro atoms. The summed E-state index contributed by atoms with van der Waals surface area (Å²) in [6.07, 6.45) is 1.70. The monoisotopic (exact) mass is 317 g/mol. The van der Waals surface area contributed by atoms with Gasteiger partial charge in [-0.3, -0.25) is 15.0 Å². The Morgan fingerprint density at radius 3 is 2.62 bits per heavy atom. The van der Waals surface area contributed by atoms with E-state index in [1.165, 1.54) is 0 Å². The first kappa shape index (κ1) is 14.2. The molecule has 2 aromatic carbocycles.